The van der Waals surface area contributed by atoms with Crippen molar-refractivity contribution in [3.8, 4) is 0 Å². The summed E-state index contributed by atoms with van der Waals surface area (Å²) >= 11 is 0. The van der Waals surface area contributed by atoms with E-state index in [0.717, 1.165) is 11.8 Å². The molecule has 0 heterocycles. The van der Waals surface area contributed by atoms with Crippen molar-refractivity contribution >= 4 is 12.3 Å². The molecule has 0 amide bonds. The molecule has 0 aliphatic carbocycles. The molecular weight excluding hydrogens is 242 g/mol. The summed E-state index contributed by atoms with van der Waals surface area (Å²) in [6.07, 6.45) is 0.799. The molecule has 4 heteroatoms. The minimum absolute atomic E-state index is 0.116. The summed E-state index contributed by atoms with van der Waals surface area (Å²) in [4.78, 5) is 24.2. The first-order valence-electron chi connectivity index (χ1n) is 6.32. The molecule has 0 unspecified atom stereocenters. The van der Waals surface area contributed by atoms with Crippen molar-refractivity contribution in [2.24, 2.45) is 0 Å². The number of rotatable bonds is 6. The van der Waals surface area contributed by atoms with E-state index in [-0.39, 0.29) is 19.1 Å². The van der Waals surface area contributed by atoms with Crippen LogP contribution < -0.4 is 0 Å². The van der Waals surface area contributed by atoms with E-state index in [9.17, 15) is 9.59 Å². The molecule has 0 aliphatic heterocycles. The van der Waals surface area contributed by atoms with Crippen molar-refractivity contribution in [2.45, 2.75) is 32.9 Å². The Morgan fingerprint density at radius 3 is 2.42 bits per heavy atom. The first-order chi connectivity index (χ1) is 8.90. The maximum absolute atomic E-state index is 11.8. The maximum Gasteiger partial charge on any atom is 0.320 e. The molecule has 4 nitrogen and oxygen atoms in total. The fourth-order valence-corrected chi connectivity index (χ4v) is 1.69. The molecule has 0 spiro atoms. The van der Waals surface area contributed by atoms with Crippen LogP contribution in [0.15, 0.2) is 30.3 Å². The number of nitrogens with zero attached hydrogens (tertiary/aromatic N) is 1. The molecule has 0 N–H and O–H groups in total. The van der Waals surface area contributed by atoms with Crippen molar-refractivity contribution in [1.29, 1.82) is 0 Å². The largest absolute Gasteiger partial charge is 0.459 e. The molecule has 19 heavy (non-hydrogen) atoms. The van der Waals surface area contributed by atoms with Gasteiger partial charge in [-0.1, -0.05) is 30.3 Å². The van der Waals surface area contributed by atoms with Gasteiger partial charge in [-0.2, -0.15) is 0 Å². The average molecular weight is 263 g/mol. The van der Waals surface area contributed by atoms with E-state index in [1.807, 2.05) is 51.1 Å². The third-order valence-corrected chi connectivity index (χ3v) is 2.35. The number of hydrogen-bond donors (Lipinski definition) is 0. The van der Waals surface area contributed by atoms with Crippen LogP contribution in [-0.4, -0.2) is 35.8 Å². The minimum Gasteiger partial charge on any atom is -0.459 e. The molecule has 0 aliphatic rings. The van der Waals surface area contributed by atoms with E-state index in [4.69, 9.17) is 4.74 Å². The van der Waals surface area contributed by atoms with Crippen LogP contribution in [0.25, 0.3) is 0 Å². The molecule has 0 bridgehead atoms. The second-order valence-corrected chi connectivity index (χ2v) is 5.41. The van der Waals surface area contributed by atoms with E-state index in [1.165, 1.54) is 0 Å². The van der Waals surface area contributed by atoms with Crippen LogP contribution in [0.2, 0.25) is 0 Å². The van der Waals surface area contributed by atoms with Gasteiger partial charge in [0.2, 0.25) is 0 Å². The standard InChI is InChI=1S/C15H21NO3/c1-15(2,3)19-14(18)12-16(9-10-17)11-13-7-5-4-6-8-13/h4-8,10H,9,11-12H2,1-3H3. The van der Waals surface area contributed by atoms with Gasteiger partial charge in [0, 0.05) is 6.54 Å². The van der Waals surface area contributed by atoms with Crippen LogP contribution in [0, 0.1) is 0 Å². The fraction of sp³-hybridized carbons (Fsp3) is 0.467. The van der Waals surface area contributed by atoms with Crippen molar-refractivity contribution in [2.75, 3.05) is 13.1 Å². The van der Waals surface area contributed by atoms with Gasteiger partial charge in [0.1, 0.15) is 11.9 Å². The lowest BCUT2D eigenvalue weighted by atomic mass is 10.2. The Morgan fingerprint density at radius 1 is 1.26 bits per heavy atom. The van der Waals surface area contributed by atoms with Gasteiger partial charge >= 0.3 is 5.97 Å². The molecule has 0 fully saturated rings. The fourth-order valence-electron chi connectivity index (χ4n) is 1.69. The maximum atomic E-state index is 11.8. The topological polar surface area (TPSA) is 46.6 Å². The highest BCUT2D eigenvalue weighted by Crippen LogP contribution is 2.09. The molecule has 0 saturated heterocycles. The van der Waals surface area contributed by atoms with Crippen molar-refractivity contribution < 1.29 is 14.3 Å². The van der Waals surface area contributed by atoms with Crippen LogP contribution in [0.3, 0.4) is 0 Å². The zero-order valence-electron chi connectivity index (χ0n) is 11.8. The average Bonchev–Trinajstić information content (AvgIpc) is 2.27. The highest BCUT2D eigenvalue weighted by Gasteiger charge is 2.18. The quantitative estimate of drug-likeness (QED) is 0.582. The van der Waals surface area contributed by atoms with E-state index in [2.05, 4.69) is 0 Å². The molecule has 0 radical (unpaired) electrons. The first-order valence-corrected chi connectivity index (χ1v) is 6.32. The second kappa shape index (κ2) is 7.04. The van der Waals surface area contributed by atoms with Gasteiger partial charge in [-0.15, -0.1) is 0 Å². The van der Waals surface area contributed by atoms with Gasteiger partial charge in [0.05, 0.1) is 13.1 Å². The summed E-state index contributed by atoms with van der Waals surface area (Å²) in [6, 6.07) is 9.73. The molecule has 1 aromatic carbocycles. The summed E-state index contributed by atoms with van der Waals surface area (Å²) in [5.74, 6) is -0.315. The van der Waals surface area contributed by atoms with Crippen molar-refractivity contribution in [1.82, 2.24) is 4.90 Å². The Labute approximate surface area is 114 Å². The Kier molecular flexibility index (Phi) is 5.70. The van der Waals surface area contributed by atoms with Crippen LogP contribution in [-0.2, 0) is 20.9 Å². The van der Waals surface area contributed by atoms with Crippen LogP contribution in [0.5, 0.6) is 0 Å². The molecule has 104 valence electrons. The number of aldehydes is 1. The second-order valence-electron chi connectivity index (χ2n) is 5.41. The van der Waals surface area contributed by atoms with Gasteiger partial charge < -0.3 is 9.53 Å². The van der Waals surface area contributed by atoms with Crippen molar-refractivity contribution in [3.63, 3.8) is 0 Å². The van der Waals surface area contributed by atoms with E-state index < -0.39 is 5.60 Å². The van der Waals surface area contributed by atoms with Gasteiger partial charge in [0.15, 0.2) is 0 Å². The summed E-state index contributed by atoms with van der Waals surface area (Å²) < 4.78 is 5.26. The zero-order valence-corrected chi connectivity index (χ0v) is 11.8. The SMILES string of the molecule is CC(C)(C)OC(=O)CN(CC=O)Cc1ccccc1. The Hall–Kier alpha value is -1.68. The lowest BCUT2D eigenvalue weighted by Crippen LogP contribution is -2.35. The van der Waals surface area contributed by atoms with E-state index >= 15 is 0 Å². The van der Waals surface area contributed by atoms with Gasteiger partial charge in [0.25, 0.3) is 0 Å². The monoisotopic (exact) mass is 263 g/mol. The summed E-state index contributed by atoms with van der Waals surface area (Å²) in [7, 11) is 0. The third kappa shape index (κ3) is 6.72. The Morgan fingerprint density at radius 2 is 1.89 bits per heavy atom. The van der Waals surface area contributed by atoms with Gasteiger partial charge in [-0.25, -0.2) is 0 Å². The Balaban J connectivity index is 2.58. The molecule has 0 atom stereocenters. The molecule has 0 saturated carbocycles. The summed E-state index contributed by atoms with van der Waals surface area (Å²) in [6.45, 7) is 6.36. The summed E-state index contributed by atoms with van der Waals surface area (Å²) in [5.41, 5.74) is 0.560. The lowest BCUT2D eigenvalue weighted by molar-refractivity contribution is -0.156. The van der Waals surface area contributed by atoms with Gasteiger partial charge in [-0.05, 0) is 26.3 Å². The predicted molar refractivity (Wildman–Crippen MR) is 73.6 cm³/mol. The van der Waals surface area contributed by atoms with Crippen LogP contribution in [0.1, 0.15) is 26.3 Å². The number of hydrogen-bond acceptors (Lipinski definition) is 4. The van der Waals surface area contributed by atoms with E-state index in [0.29, 0.717) is 6.54 Å². The van der Waals surface area contributed by atoms with Crippen molar-refractivity contribution in [3.05, 3.63) is 35.9 Å². The lowest BCUT2D eigenvalue weighted by Gasteiger charge is -2.23. The highest BCUT2D eigenvalue weighted by molar-refractivity contribution is 5.72. The smallest absolute Gasteiger partial charge is 0.320 e. The third-order valence-electron chi connectivity index (χ3n) is 2.35. The Bertz CT molecular complexity index is 409. The summed E-state index contributed by atoms with van der Waals surface area (Å²) in [5, 5.41) is 0. The minimum atomic E-state index is -0.503. The van der Waals surface area contributed by atoms with Gasteiger partial charge in [-0.3, -0.25) is 9.69 Å². The highest BCUT2D eigenvalue weighted by atomic mass is 16.6. The molecule has 1 rings (SSSR count). The van der Waals surface area contributed by atoms with E-state index in [1.54, 1.807) is 4.90 Å². The van der Waals surface area contributed by atoms with Crippen LogP contribution in [0.4, 0.5) is 0 Å². The number of esters is 1. The number of benzene rings is 1. The molecular formula is C15H21NO3. The number of carbonyl (C=O) groups excluding carboxylic acids is 2. The first kappa shape index (κ1) is 15.4. The normalized spacial score (nSPS) is 11.4. The van der Waals surface area contributed by atoms with Crippen LogP contribution >= 0.6 is 0 Å². The number of ether oxygens (including phenoxy) is 1. The predicted octanol–water partition coefficient (Wildman–Crippen LogP) is 2.03. The zero-order chi connectivity index (χ0) is 14.3. The molecule has 1 aromatic rings. The number of carbonyl (C=O) groups is 2. The molecule has 0 aromatic heterocycles.